The first-order valence-electron chi connectivity index (χ1n) is 5.00. The Balaban J connectivity index is 2.68. The fourth-order valence-corrected chi connectivity index (χ4v) is 1.13. The van der Waals surface area contributed by atoms with Crippen molar-refractivity contribution in [1.82, 2.24) is 5.32 Å². The minimum absolute atomic E-state index is 0.280. The van der Waals surface area contributed by atoms with E-state index in [1.165, 1.54) is 7.05 Å². The number of carbonyl (C=O) groups excluding carboxylic acids is 2. The molecule has 1 aromatic rings. The number of amides is 1. The van der Waals surface area contributed by atoms with Crippen LogP contribution >= 0.6 is 0 Å². The minimum atomic E-state index is -0.649. The third kappa shape index (κ3) is 3.98. The smallest absolute Gasteiger partial charge is 0.336 e. The van der Waals surface area contributed by atoms with E-state index >= 15 is 0 Å². The van der Waals surface area contributed by atoms with Gasteiger partial charge >= 0.3 is 5.97 Å². The van der Waals surface area contributed by atoms with Gasteiger partial charge in [-0.25, -0.2) is 4.79 Å². The number of nitrogens with two attached hydrogens (primary N) is 1. The number of nitrogen functional groups attached to an aromatic ring is 1. The molecule has 0 saturated carbocycles. The van der Waals surface area contributed by atoms with Crippen LogP contribution < -0.4 is 15.8 Å². The van der Waals surface area contributed by atoms with E-state index in [0.717, 1.165) is 17.7 Å². The monoisotopic (exact) mass is 234 g/mol. The molecule has 5 heteroatoms. The first-order valence-corrected chi connectivity index (χ1v) is 5.00. The molecular weight excluding hydrogens is 220 g/mol. The second kappa shape index (κ2) is 5.69. The van der Waals surface area contributed by atoms with E-state index in [4.69, 9.17) is 10.5 Å². The molecule has 0 aromatic heterocycles. The zero-order valence-electron chi connectivity index (χ0n) is 9.69. The number of anilines is 1. The number of carbonyl (C=O) groups is 2. The van der Waals surface area contributed by atoms with E-state index in [9.17, 15) is 9.59 Å². The van der Waals surface area contributed by atoms with E-state index < -0.39 is 5.97 Å². The molecule has 17 heavy (non-hydrogen) atoms. The van der Waals surface area contributed by atoms with Crippen molar-refractivity contribution in [1.29, 1.82) is 0 Å². The van der Waals surface area contributed by atoms with Gasteiger partial charge in [-0.2, -0.15) is 0 Å². The van der Waals surface area contributed by atoms with E-state index in [1.807, 2.05) is 6.92 Å². The maximum absolute atomic E-state index is 11.3. The van der Waals surface area contributed by atoms with Crippen LogP contribution in [0.4, 0.5) is 5.69 Å². The summed E-state index contributed by atoms with van der Waals surface area (Å²) in [5, 5.41) is 2.34. The third-order valence-electron chi connectivity index (χ3n) is 1.99. The molecule has 0 bridgehead atoms. The Kier molecular flexibility index (Phi) is 4.28. The Hall–Kier alpha value is -2.30. The van der Waals surface area contributed by atoms with Crippen molar-refractivity contribution in [2.75, 3.05) is 12.8 Å². The van der Waals surface area contributed by atoms with Crippen molar-refractivity contribution in [2.24, 2.45) is 0 Å². The maximum Gasteiger partial charge on any atom is 0.336 e. The van der Waals surface area contributed by atoms with Crippen LogP contribution in [0.15, 0.2) is 30.4 Å². The molecule has 0 aliphatic carbocycles. The van der Waals surface area contributed by atoms with Crippen molar-refractivity contribution in [3.8, 4) is 5.75 Å². The van der Waals surface area contributed by atoms with Crippen molar-refractivity contribution in [3.05, 3.63) is 35.9 Å². The molecule has 3 N–H and O–H groups in total. The van der Waals surface area contributed by atoms with Gasteiger partial charge in [0.15, 0.2) is 5.75 Å². The molecule has 90 valence electrons. The van der Waals surface area contributed by atoms with Gasteiger partial charge in [0, 0.05) is 19.2 Å². The summed E-state index contributed by atoms with van der Waals surface area (Å²) in [5.74, 6) is -0.745. The highest BCUT2D eigenvalue weighted by molar-refractivity contribution is 5.95. The Morgan fingerprint density at radius 1 is 1.35 bits per heavy atom. The molecule has 0 aliphatic heterocycles. The third-order valence-corrected chi connectivity index (χ3v) is 1.99. The summed E-state index contributed by atoms with van der Waals surface area (Å²) in [6.07, 6.45) is 2.13. The van der Waals surface area contributed by atoms with Crippen LogP contribution in [0.3, 0.4) is 0 Å². The summed E-state index contributed by atoms with van der Waals surface area (Å²) < 4.78 is 4.96. The molecule has 0 fully saturated rings. The van der Waals surface area contributed by atoms with Gasteiger partial charge in [0.25, 0.3) is 0 Å². The largest absolute Gasteiger partial charge is 0.421 e. The van der Waals surface area contributed by atoms with Crippen LogP contribution in [0.25, 0.3) is 0 Å². The van der Waals surface area contributed by atoms with Crippen molar-refractivity contribution < 1.29 is 14.3 Å². The topological polar surface area (TPSA) is 81.4 Å². The molecule has 0 heterocycles. The number of ether oxygens (including phenoxy) is 1. The number of hydrogen-bond donors (Lipinski definition) is 2. The highest BCUT2D eigenvalue weighted by atomic mass is 16.5. The normalized spacial score (nSPS) is 10.2. The molecule has 1 aromatic carbocycles. The molecule has 0 atom stereocenters. The Labute approximate surface area is 99.3 Å². The van der Waals surface area contributed by atoms with Crippen LogP contribution in [0.2, 0.25) is 0 Å². The van der Waals surface area contributed by atoms with Gasteiger partial charge in [-0.05, 0) is 24.6 Å². The van der Waals surface area contributed by atoms with Crippen molar-refractivity contribution in [3.63, 3.8) is 0 Å². The quantitative estimate of drug-likeness (QED) is 0.350. The predicted molar refractivity (Wildman–Crippen MR) is 64.4 cm³/mol. The molecule has 0 saturated heterocycles. The summed E-state index contributed by atoms with van der Waals surface area (Å²) >= 11 is 0. The van der Waals surface area contributed by atoms with E-state index in [-0.39, 0.29) is 11.7 Å². The summed E-state index contributed by atoms with van der Waals surface area (Å²) in [4.78, 5) is 22.2. The first kappa shape index (κ1) is 12.8. The zero-order valence-corrected chi connectivity index (χ0v) is 9.69. The fourth-order valence-electron chi connectivity index (χ4n) is 1.13. The van der Waals surface area contributed by atoms with E-state index in [2.05, 4.69) is 5.32 Å². The lowest BCUT2D eigenvalue weighted by Crippen LogP contribution is -2.15. The Bertz CT molecular complexity index is 467. The lowest BCUT2D eigenvalue weighted by molar-refractivity contribution is -0.129. The average Bonchev–Trinajstić information content (AvgIpc) is 2.29. The number of likely N-dealkylation sites (N-methyl/N-ethyl adjacent to an activating group) is 1. The molecule has 0 unspecified atom stereocenters. The number of benzene rings is 1. The van der Waals surface area contributed by atoms with Gasteiger partial charge in [-0.1, -0.05) is 6.07 Å². The molecule has 0 radical (unpaired) electrons. The van der Waals surface area contributed by atoms with Gasteiger partial charge in [-0.15, -0.1) is 0 Å². The number of hydrogen-bond acceptors (Lipinski definition) is 4. The lowest BCUT2D eigenvalue weighted by Gasteiger charge is -2.05. The molecule has 1 rings (SSSR count). The van der Waals surface area contributed by atoms with Crippen LogP contribution in [0.5, 0.6) is 5.75 Å². The van der Waals surface area contributed by atoms with E-state index in [1.54, 1.807) is 18.2 Å². The molecule has 5 nitrogen and oxygen atoms in total. The molecule has 0 spiro atoms. The van der Waals surface area contributed by atoms with Crippen LogP contribution in [-0.2, 0) is 9.59 Å². The standard InChI is InChI=1S/C12H14N2O3/c1-8-3-4-10(9(13)7-8)17-12(16)6-5-11(15)14-2/h3-7H,13H2,1-2H3,(H,14,15)/b6-5+. The van der Waals surface area contributed by atoms with Crippen molar-refractivity contribution in [2.45, 2.75) is 6.92 Å². The second-order valence-electron chi connectivity index (χ2n) is 3.41. The van der Waals surface area contributed by atoms with E-state index in [0.29, 0.717) is 5.69 Å². The SMILES string of the molecule is CNC(=O)/C=C/C(=O)Oc1ccc(C)cc1N. The number of rotatable bonds is 3. The number of aryl methyl sites for hydroxylation is 1. The van der Waals surface area contributed by atoms with Gasteiger partial charge in [0.05, 0.1) is 5.69 Å². The Morgan fingerprint density at radius 2 is 2.06 bits per heavy atom. The van der Waals surface area contributed by atoms with Crippen LogP contribution in [0.1, 0.15) is 5.56 Å². The summed E-state index contributed by atoms with van der Waals surface area (Å²) in [5.41, 5.74) is 7.03. The van der Waals surface area contributed by atoms with Gasteiger partial charge in [0.2, 0.25) is 5.91 Å². The van der Waals surface area contributed by atoms with Crippen molar-refractivity contribution >= 4 is 17.6 Å². The van der Waals surface area contributed by atoms with Gasteiger partial charge < -0.3 is 15.8 Å². The average molecular weight is 234 g/mol. The molecule has 1 amide bonds. The van der Waals surface area contributed by atoms with Gasteiger partial charge in [-0.3, -0.25) is 4.79 Å². The highest BCUT2D eigenvalue weighted by Crippen LogP contribution is 2.22. The molecule has 0 aliphatic rings. The second-order valence-corrected chi connectivity index (χ2v) is 3.41. The number of nitrogens with one attached hydrogen (secondary N) is 1. The van der Waals surface area contributed by atoms with Crippen LogP contribution in [0, 0.1) is 6.92 Å². The summed E-state index contributed by atoms with van der Waals surface area (Å²) in [6.45, 7) is 1.88. The zero-order chi connectivity index (χ0) is 12.8. The van der Waals surface area contributed by atoms with Gasteiger partial charge in [0.1, 0.15) is 0 Å². The Morgan fingerprint density at radius 3 is 2.65 bits per heavy atom. The summed E-state index contributed by atoms with van der Waals surface area (Å²) in [6, 6.07) is 5.09. The number of esters is 1. The highest BCUT2D eigenvalue weighted by Gasteiger charge is 2.05. The first-order chi connectivity index (χ1) is 8.02. The lowest BCUT2D eigenvalue weighted by atomic mass is 10.2. The predicted octanol–water partition coefficient (Wildman–Crippen LogP) is 0.785. The molecular formula is C12H14N2O3. The fraction of sp³-hybridized carbons (Fsp3) is 0.167. The minimum Gasteiger partial charge on any atom is -0.421 e. The van der Waals surface area contributed by atoms with Crippen LogP contribution in [-0.4, -0.2) is 18.9 Å². The maximum atomic E-state index is 11.3. The summed E-state index contributed by atoms with van der Waals surface area (Å²) in [7, 11) is 1.47.